The summed E-state index contributed by atoms with van der Waals surface area (Å²) >= 11 is 6.06. The van der Waals surface area contributed by atoms with Gasteiger partial charge in [0.15, 0.2) is 0 Å². The molecule has 2 amide bonds. The molecule has 0 radical (unpaired) electrons. The van der Waals surface area contributed by atoms with Crippen molar-refractivity contribution in [3.8, 4) is 0 Å². The van der Waals surface area contributed by atoms with Crippen molar-refractivity contribution in [2.75, 3.05) is 16.8 Å². The fourth-order valence-corrected chi connectivity index (χ4v) is 2.55. The molecule has 2 rings (SSSR count). The lowest BCUT2D eigenvalue weighted by atomic mass is 10.2. The maximum absolute atomic E-state index is 12.1. The Kier molecular flexibility index (Phi) is 5.99. The van der Waals surface area contributed by atoms with Gasteiger partial charge in [0.1, 0.15) is 0 Å². The Hall–Kier alpha value is -2.33. The zero-order valence-electron chi connectivity index (χ0n) is 14.1. The second kappa shape index (κ2) is 7.97. The minimum atomic E-state index is -0.158. The van der Waals surface area contributed by atoms with Crippen molar-refractivity contribution in [3.05, 3.63) is 58.6 Å². The summed E-state index contributed by atoms with van der Waals surface area (Å²) in [6, 6.07) is 13.0. The molecule has 0 saturated heterocycles. The second-order valence-electron chi connectivity index (χ2n) is 5.77. The van der Waals surface area contributed by atoms with Gasteiger partial charge in [0.2, 0.25) is 11.8 Å². The van der Waals surface area contributed by atoms with Gasteiger partial charge in [0, 0.05) is 36.3 Å². The van der Waals surface area contributed by atoms with Crippen molar-refractivity contribution in [1.82, 2.24) is 0 Å². The van der Waals surface area contributed by atoms with Crippen molar-refractivity contribution < 1.29 is 9.59 Å². The topological polar surface area (TPSA) is 49.4 Å². The number of nitrogens with one attached hydrogen (secondary N) is 1. The highest BCUT2D eigenvalue weighted by atomic mass is 35.5. The summed E-state index contributed by atoms with van der Waals surface area (Å²) in [5.74, 6) is -0.249. The third-order valence-electron chi connectivity index (χ3n) is 3.71. The first-order chi connectivity index (χ1) is 11.4. The molecule has 0 heterocycles. The van der Waals surface area contributed by atoms with Crippen LogP contribution in [0.1, 0.15) is 24.5 Å². The Morgan fingerprint density at radius 1 is 1.12 bits per heavy atom. The first-order valence-corrected chi connectivity index (χ1v) is 8.15. The highest BCUT2D eigenvalue weighted by Gasteiger charge is 2.14. The summed E-state index contributed by atoms with van der Waals surface area (Å²) in [6.45, 7) is 5.69. The number of hydrogen-bond acceptors (Lipinski definition) is 2. The largest absolute Gasteiger partial charge is 0.326 e. The van der Waals surface area contributed by atoms with E-state index < -0.39 is 0 Å². The SMILES string of the molecule is CC(=O)N(CCC(=O)Nc1ccc(C)c(Cl)c1)c1cccc(C)c1. The molecular weight excluding hydrogens is 324 g/mol. The van der Waals surface area contributed by atoms with Gasteiger partial charge in [-0.25, -0.2) is 0 Å². The zero-order chi connectivity index (χ0) is 17.7. The van der Waals surface area contributed by atoms with E-state index in [4.69, 9.17) is 11.6 Å². The number of nitrogens with zero attached hydrogens (tertiary/aromatic N) is 1. The van der Waals surface area contributed by atoms with Crippen LogP contribution in [0.3, 0.4) is 0 Å². The first kappa shape index (κ1) is 18.0. The second-order valence-corrected chi connectivity index (χ2v) is 6.18. The summed E-state index contributed by atoms with van der Waals surface area (Å²) in [4.78, 5) is 25.6. The van der Waals surface area contributed by atoms with Crippen LogP contribution in [0.25, 0.3) is 0 Å². The average molecular weight is 345 g/mol. The molecule has 0 aliphatic heterocycles. The van der Waals surface area contributed by atoms with E-state index in [-0.39, 0.29) is 18.2 Å². The van der Waals surface area contributed by atoms with Gasteiger partial charge in [-0.1, -0.05) is 29.8 Å². The summed E-state index contributed by atoms with van der Waals surface area (Å²) in [6.07, 6.45) is 0.207. The number of anilines is 2. The van der Waals surface area contributed by atoms with Gasteiger partial charge >= 0.3 is 0 Å². The van der Waals surface area contributed by atoms with Gasteiger partial charge in [0.25, 0.3) is 0 Å². The van der Waals surface area contributed by atoms with E-state index in [0.717, 1.165) is 16.8 Å². The standard InChI is InChI=1S/C19H21ClN2O2/c1-13-5-4-6-17(11-13)22(15(3)23)10-9-19(24)21-16-8-7-14(2)18(20)12-16/h4-8,11-12H,9-10H2,1-3H3,(H,21,24). The smallest absolute Gasteiger partial charge is 0.226 e. The molecule has 1 N–H and O–H groups in total. The van der Waals surface area contributed by atoms with Crippen LogP contribution in [-0.4, -0.2) is 18.4 Å². The lowest BCUT2D eigenvalue weighted by Crippen LogP contribution is -2.32. The lowest BCUT2D eigenvalue weighted by molar-refractivity contribution is -0.117. The van der Waals surface area contributed by atoms with Gasteiger partial charge in [0.05, 0.1) is 0 Å². The van der Waals surface area contributed by atoms with Crippen molar-refractivity contribution in [2.24, 2.45) is 0 Å². The van der Waals surface area contributed by atoms with E-state index in [9.17, 15) is 9.59 Å². The van der Waals surface area contributed by atoms with Crippen LogP contribution in [0.4, 0.5) is 11.4 Å². The molecule has 2 aromatic rings. The highest BCUT2D eigenvalue weighted by Crippen LogP contribution is 2.20. The number of benzene rings is 2. The molecule has 0 atom stereocenters. The van der Waals surface area contributed by atoms with Crippen molar-refractivity contribution in [1.29, 1.82) is 0 Å². The molecule has 4 nitrogen and oxygen atoms in total. The summed E-state index contributed by atoms with van der Waals surface area (Å²) in [5, 5.41) is 3.41. The van der Waals surface area contributed by atoms with Crippen LogP contribution in [0.15, 0.2) is 42.5 Å². The molecule has 0 saturated carbocycles. The van der Waals surface area contributed by atoms with Crippen molar-refractivity contribution >= 4 is 34.8 Å². The third kappa shape index (κ3) is 4.83. The maximum Gasteiger partial charge on any atom is 0.226 e. The quantitative estimate of drug-likeness (QED) is 0.877. The molecule has 0 unspecified atom stereocenters. The Labute approximate surface area is 147 Å². The highest BCUT2D eigenvalue weighted by molar-refractivity contribution is 6.31. The lowest BCUT2D eigenvalue weighted by Gasteiger charge is -2.21. The van der Waals surface area contributed by atoms with Crippen molar-refractivity contribution in [3.63, 3.8) is 0 Å². The molecule has 0 fully saturated rings. The third-order valence-corrected chi connectivity index (χ3v) is 4.12. The minimum absolute atomic E-state index is 0.0909. The number of aryl methyl sites for hydroxylation is 2. The van der Waals surface area contributed by atoms with Gasteiger partial charge in [-0.2, -0.15) is 0 Å². The molecular formula is C19H21ClN2O2. The normalized spacial score (nSPS) is 10.3. The number of amides is 2. The molecule has 0 bridgehead atoms. The van der Waals surface area contributed by atoms with Crippen LogP contribution in [0, 0.1) is 13.8 Å². The predicted octanol–water partition coefficient (Wildman–Crippen LogP) is 4.34. The molecule has 126 valence electrons. The average Bonchev–Trinajstić information content (AvgIpc) is 2.51. The molecule has 0 aromatic heterocycles. The summed E-state index contributed by atoms with van der Waals surface area (Å²) in [7, 11) is 0. The Morgan fingerprint density at radius 3 is 2.50 bits per heavy atom. The van der Waals surface area contributed by atoms with Gasteiger partial charge < -0.3 is 10.2 Å². The summed E-state index contributed by atoms with van der Waals surface area (Å²) in [5.41, 5.74) is 3.48. The minimum Gasteiger partial charge on any atom is -0.326 e. The van der Waals surface area contributed by atoms with Crippen molar-refractivity contribution in [2.45, 2.75) is 27.2 Å². The number of halogens is 1. The van der Waals surface area contributed by atoms with E-state index in [0.29, 0.717) is 17.3 Å². The molecule has 24 heavy (non-hydrogen) atoms. The molecule has 5 heteroatoms. The van der Waals surface area contributed by atoms with Gasteiger partial charge in [-0.05, 0) is 49.2 Å². The Balaban J connectivity index is 2.00. The summed E-state index contributed by atoms with van der Waals surface area (Å²) < 4.78 is 0. The fourth-order valence-electron chi connectivity index (χ4n) is 2.37. The van der Waals surface area contributed by atoms with Crippen LogP contribution < -0.4 is 10.2 Å². The number of carbonyl (C=O) groups is 2. The number of carbonyl (C=O) groups excluding carboxylic acids is 2. The Morgan fingerprint density at radius 2 is 1.88 bits per heavy atom. The fraction of sp³-hybridized carbons (Fsp3) is 0.263. The molecule has 0 aliphatic rings. The van der Waals surface area contributed by atoms with Crippen LogP contribution >= 0.6 is 11.6 Å². The monoisotopic (exact) mass is 344 g/mol. The van der Waals surface area contributed by atoms with Gasteiger partial charge in [-0.3, -0.25) is 9.59 Å². The molecule has 0 spiro atoms. The molecule has 2 aromatic carbocycles. The molecule has 0 aliphatic carbocycles. The van der Waals surface area contributed by atoms with Gasteiger partial charge in [-0.15, -0.1) is 0 Å². The van der Waals surface area contributed by atoms with Crippen LogP contribution in [-0.2, 0) is 9.59 Å². The Bertz CT molecular complexity index is 759. The van der Waals surface area contributed by atoms with Crippen LogP contribution in [0.5, 0.6) is 0 Å². The van der Waals surface area contributed by atoms with E-state index in [1.54, 1.807) is 11.0 Å². The first-order valence-electron chi connectivity index (χ1n) is 7.77. The van der Waals surface area contributed by atoms with Crippen LogP contribution in [0.2, 0.25) is 5.02 Å². The van der Waals surface area contributed by atoms with E-state index in [1.807, 2.05) is 50.2 Å². The zero-order valence-corrected chi connectivity index (χ0v) is 14.9. The number of hydrogen-bond donors (Lipinski definition) is 1. The van der Waals surface area contributed by atoms with E-state index in [2.05, 4.69) is 5.32 Å². The predicted molar refractivity (Wildman–Crippen MR) is 98.6 cm³/mol. The van der Waals surface area contributed by atoms with E-state index >= 15 is 0 Å². The number of rotatable bonds is 5. The maximum atomic E-state index is 12.1. The van der Waals surface area contributed by atoms with E-state index in [1.165, 1.54) is 6.92 Å².